The van der Waals surface area contributed by atoms with E-state index in [1.807, 2.05) is 0 Å². The number of nitrogens with zero attached hydrogens (tertiary/aromatic N) is 5. The SMILES string of the molecule is [C-]#[N+]Cc1ccc(Oc2ncnc(N3CCC(C(=O)OCC)CC3)c2[N+](=O)[O-])cc1. The summed E-state index contributed by atoms with van der Waals surface area (Å²) in [6.07, 6.45) is 2.28. The third-order valence-corrected chi connectivity index (χ3v) is 4.77. The molecule has 0 N–H and O–H groups in total. The first-order valence-electron chi connectivity index (χ1n) is 9.54. The average molecular weight is 411 g/mol. The summed E-state index contributed by atoms with van der Waals surface area (Å²) in [5.74, 6) is -0.0725. The van der Waals surface area contributed by atoms with Crippen LogP contribution in [0.2, 0.25) is 0 Å². The fraction of sp³-hybridized carbons (Fsp3) is 0.400. The third-order valence-electron chi connectivity index (χ3n) is 4.77. The average Bonchev–Trinajstić information content (AvgIpc) is 2.75. The van der Waals surface area contributed by atoms with Crippen molar-refractivity contribution in [1.82, 2.24) is 9.97 Å². The van der Waals surface area contributed by atoms with E-state index in [9.17, 15) is 14.9 Å². The summed E-state index contributed by atoms with van der Waals surface area (Å²) >= 11 is 0. The predicted molar refractivity (Wildman–Crippen MR) is 107 cm³/mol. The fourth-order valence-corrected chi connectivity index (χ4v) is 3.27. The minimum absolute atomic E-state index is 0.157. The van der Waals surface area contributed by atoms with Gasteiger partial charge in [0.15, 0.2) is 0 Å². The first-order valence-corrected chi connectivity index (χ1v) is 9.54. The van der Waals surface area contributed by atoms with Gasteiger partial charge in [-0.2, -0.15) is 4.98 Å². The van der Waals surface area contributed by atoms with Crippen LogP contribution in [-0.4, -0.2) is 40.6 Å². The zero-order valence-corrected chi connectivity index (χ0v) is 16.5. The molecule has 0 atom stereocenters. The Kier molecular flexibility index (Phi) is 6.75. The van der Waals surface area contributed by atoms with Crippen LogP contribution in [0, 0.1) is 22.6 Å². The summed E-state index contributed by atoms with van der Waals surface area (Å²) in [6.45, 7) is 10.1. The van der Waals surface area contributed by atoms with Crippen molar-refractivity contribution in [2.45, 2.75) is 26.3 Å². The molecule has 156 valence electrons. The number of anilines is 1. The van der Waals surface area contributed by atoms with Crippen LogP contribution in [0.1, 0.15) is 25.3 Å². The molecule has 1 saturated heterocycles. The smallest absolute Gasteiger partial charge is 0.373 e. The third kappa shape index (κ3) is 4.81. The Hall–Kier alpha value is -3.74. The van der Waals surface area contributed by atoms with E-state index in [4.69, 9.17) is 16.0 Å². The predicted octanol–water partition coefficient (Wildman–Crippen LogP) is 3.38. The maximum absolute atomic E-state index is 11.9. The molecule has 0 spiro atoms. The van der Waals surface area contributed by atoms with Gasteiger partial charge in [0.2, 0.25) is 12.4 Å². The van der Waals surface area contributed by atoms with Gasteiger partial charge in [-0.05, 0) is 44.0 Å². The molecule has 3 rings (SSSR count). The van der Waals surface area contributed by atoms with Gasteiger partial charge in [-0.3, -0.25) is 14.9 Å². The highest BCUT2D eigenvalue weighted by molar-refractivity contribution is 5.73. The largest absolute Gasteiger partial charge is 0.466 e. The zero-order chi connectivity index (χ0) is 21.5. The quantitative estimate of drug-likeness (QED) is 0.295. The van der Waals surface area contributed by atoms with Crippen molar-refractivity contribution in [3.05, 3.63) is 57.7 Å². The molecular weight excluding hydrogens is 390 g/mol. The monoisotopic (exact) mass is 411 g/mol. The van der Waals surface area contributed by atoms with E-state index >= 15 is 0 Å². The fourth-order valence-electron chi connectivity index (χ4n) is 3.27. The number of hydrogen-bond donors (Lipinski definition) is 0. The number of ether oxygens (including phenoxy) is 2. The number of aromatic nitrogens is 2. The van der Waals surface area contributed by atoms with E-state index in [-0.39, 0.29) is 35.8 Å². The Labute approximate surface area is 173 Å². The Morgan fingerprint density at radius 2 is 2.00 bits per heavy atom. The van der Waals surface area contributed by atoms with Crippen LogP contribution in [0.3, 0.4) is 0 Å². The number of hydrogen-bond acceptors (Lipinski definition) is 8. The van der Waals surface area contributed by atoms with Crippen LogP contribution in [0.4, 0.5) is 11.5 Å². The molecule has 0 saturated carbocycles. The standard InChI is InChI=1S/C20H21N5O5/c1-3-29-20(26)15-8-10-24(11-9-15)18-17(25(27)28)19(23-13-22-18)30-16-6-4-14(5-7-16)12-21-2/h4-7,13,15H,3,8-12H2,1H3. The molecule has 0 unspecified atom stereocenters. The zero-order valence-electron chi connectivity index (χ0n) is 16.5. The Bertz CT molecular complexity index is 949. The molecule has 2 aromatic rings. The maximum atomic E-state index is 11.9. The molecule has 0 aliphatic carbocycles. The van der Waals surface area contributed by atoms with Crippen LogP contribution in [0.5, 0.6) is 11.6 Å². The van der Waals surface area contributed by atoms with Gasteiger partial charge in [0.25, 0.3) is 0 Å². The number of piperidine rings is 1. The molecule has 2 heterocycles. The number of nitro groups is 1. The summed E-state index contributed by atoms with van der Waals surface area (Å²) in [6, 6.07) is 6.72. The maximum Gasteiger partial charge on any atom is 0.373 e. The lowest BCUT2D eigenvalue weighted by atomic mass is 9.97. The van der Waals surface area contributed by atoms with Crippen molar-refractivity contribution in [3.63, 3.8) is 0 Å². The molecule has 1 aromatic heterocycles. The molecule has 1 aliphatic heterocycles. The van der Waals surface area contributed by atoms with Gasteiger partial charge in [0.05, 0.1) is 17.4 Å². The minimum Gasteiger partial charge on any atom is -0.466 e. The minimum atomic E-state index is -0.560. The summed E-state index contributed by atoms with van der Waals surface area (Å²) < 4.78 is 10.7. The second-order valence-electron chi connectivity index (χ2n) is 6.68. The molecule has 1 aliphatic rings. The summed E-state index contributed by atoms with van der Waals surface area (Å²) in [5.41, 5.74) is 0.497. The van der Waals surface area contributed by atoms with Gasteiger partial charge in [0, 0.05) is 18.7 Å². The van der Waals surface area contributed by atoms with E-state index in [1.165, 1.54) is 6.33 Å². The lowest BCUT2D eigenvalue weighted by molar-refractivity contribution is -0.385. The molecule has 1 fully saturated rings. The normalized spacial score (nSPS) is 14.1. The van der Waals surface area contributed by atoms with E-state index in [1.54, 1.807) is 36.1 Å². The lowest BCUT2D eigenvalue weighted by Gasteiger charge is -2.31. The summed E-state index contributed by atoms with van der Waals surface area (Å²) in [4.78, 5) is 36.3. The Morgan fingerprint density at radius 3 is 2.60 bits per heavy atom. The van der Waals surface area contributed by atoms with Gasteiger partial charge in [-0.1, -0.05) is 0 Å². The number of rotatable bonds is 7. The number of carbonyl (C=O) groups excluding carboxylic acids is 1. The molecule has 1 aromatic carbocycles. The topological polar surface area (TPSA) is 112 Å². The molecule has 0 bridgehead atoms. The van der Waals surface area contributed by atoms with Crippen LogP contribution < -0.4 is 9.64 Å². The second-order valence-corrected chi connectivity index (χ2v) is 6.68. The van der Waals surface area contributed by atoms with E-state index < -0.39 is 4.92 Å². The van der Waals surface area contributed by atoms with Crippen molar-refractivity contribution in [3.8, 4) is 11.6 Å². The molecule has 0 amide bonds. The van der Waals surface area contributed by atoms with Gasteiger partial charge < -0.3 is 19.2 Å². The first-order chi connectivity index (χ1) is 14.5. The lowest BCUT2D eigenvalue weighted by Crippen LogP contribution is -2.37. The Balaban J connectivity index is 1.79. The van der Waals surface area contributed by atoms with Crippen LogP contribution in [0.15, 0.2) is 30.6 Å². The molecular formula is C20H21N5O5. The van der Waals surface area contributed by atoms with E-state index in [2.05, 4.69) is 14.8 Å². The van der Waals surface area contributed by atoms with E-state index in [0.717, 1.165) is 5.56 Å². The summed E-state index contributed by atoms with van der Waals surface area (Å²) in [7, 11) is 0. The van der Waals surface area contributed by atoms with Crippen LogP contribution in [-0.2, 0) is 16.1 Å². The van der Waals surface area contributed by atoms with Gasteiger partial charge in [-0.15, -0.1) is 0 Å². The number of carbonyl (C=O) groups is 1. The first kappa shape index (κ1) is 21.0. The van der Waals surface area contributed by atoms with Crippen LogP contribution in [0.25, 0.3) is 4.85 Å². The second kappa shape index (κ2) is 9.65. The van der Waals surface area contributed by atoms with Gasteiger partial charge in [-0.25, -0.2) is 11.6 Å². The molecule has 10 nitrogen and oxygen atoms in total. The van der Waals surface area contributed by atoms with Crippen molar-refractivity contribution >= 4 is 17.5 Å². The van der Waals surface area contributed by atoms with E-state index in [0.29, 0.717) is 38.3 Å². The Morgan fingerprint density at radius 1 is 1.30 bits per heavy atom. The number of benzene rings is 1. The summed E-state index contributed by atoms with van der Waals surface area (Å²) in [5, 5.41) is 11.8. The highest BCUT2D eigenvalue weighted by Gasteiger charge is 2.33. The molecule has 10 heteroatoms. The van der Waals surface area contributed by atoms with Crippen LogP contribution >= 0.6 is 0 Å². The number of esters is 1. The van der Waals surface area contributed by atoms with Gasteiger partial charge >= 0.3 is 17.5 Å². The van der Waals surface area contributed by atoms with Crippen molar-refractivity contribution in [1.29, 1.82) is 0 Å². The highest BCUT2D eigenvalue weighted by atomic mass is 16.6. The van der Waals surface area contributed by atoms with Crippen molar-refractivity contribution in [2.24, 2.45) is 5.92 Å². The highest BCUT2D eigenvalue weighted by Crippen LogP contribution is 2.37. The van der Waals surface area contributed by atoms with Gasteiger partial charge in [0.1, 0.15) is 12.1 Å². The molecule has 30 heavy (non-hydrogen) atoms. The molecule has 0 radical (unpaired) electrons. The van der Waals surface area contributed by atoms with Crippen molar-refractivity contribution < 1.29 is 19.2 Å². The van der Waals surface area contributed by atoms with Crippen molar-refractivity contribution in [2.75, 3.05) is 24.6 Å².